The van der Waals surface area contributed by atoms with Crippen LogP contribution < -0.4 is 0 Å². The second kappa shape index (κ2) is 7.95. The molecule has 2 nitrogen and oxygen atoms in total. The predicted molar refractivity (Wildman–Crippen MR) is 113 cm³/mol. The minimum absolute atomic E-state index is 0.0925. The number of hydrogen-bond donors (Lipinski definition) is 0. The monoisotopic (exact) mass is 401 g/mol. The molecule has 0 atom stereocenters. The Balaban J connectivity index is 1.62. The molecule has 0 aliphatic rings. The minimum Gasteiger partial charge on any atom is -0.293 e. The Morgan fingerprint density at radius 2 is 1.73 bits per heavy atom. The molecule has 134 valence electrons. The molecule has 0 saturated carbocycles. The molecule has 26 heavy (non-hydrogen) atoms. The van der Waals surface area contributed by atoms with Gasteiger partial charge in [-0.3, -0.25) is 4.79 Å². The molecule has 5 heteroatoms. The number of aromatic nitrogens is 1. The van der Waals surface area contributed by atoms with Crippen LogP contribution >= 0.6 is 34.7 Å². The normalized spacial score (nSPS) is 11.5. The number of hydrogen-bond acceptors (Lipinski definition) is 4. The lowest BCUT2D eigenvalue weighted by molar-refractivity contribution is 0.102. The fourth-order valence-electron chi connectivity index (χ4n) is 2.44. The van der Waals surface area contributed by atoms with E-state index in [2.05, 4.69) is 25.8 Å². The summed E-state index contributed by atoms with van der Waals surface area (Å²) in [7, 11) is 0. The number of ketones is 1. The molecular formula is C21H20ClNOS2. The van der Waals surface area contributed by atoms with Gasteiger partial charge in [0, 0.05) is 21.5 Å². The Labute approximate surface area is 167 Å². The molecule has 0 aliphatic carbocycles. The fraction of sp³-hybridized carbons (Fsp3) is 0.238. The Kier molecular flexibility index (Phi) is 5.86. The SMILES string of the molecule is CC(C)(C)c1ccc(C(=O)CSc2nc(-c3ccc(Cl)cc3)cs2)cc1. The zero-order valence-electron chi connectivity index (χ0n) is 15.0. The zero-order chi connectivity index (χ0) is 18.7. The van der Waals surface area contributed by atoms with E-state index in [1.54, 1.807) is 11.3 Å². The first-order valence-corrected chi connectivity index (χ1v) is 10.6. The van der Waals surface area contributed by atoms with Crippen molar-refractivity contribution in [3.8, 4) is 11.3 Å². The van der Waals surface area contributed by atoms with Crippen molar-refractivity contribution in [3.05, 3.63) is 70.1 Å². The Morgan fingerprint density at radius 3 is 2.35 bits per heavy atom. The van der Waals surface area contributed by atoms with E-state index < -0.39 is 0 Å². The second-order valence-electron chi connectivity index (χ2n) is 7.04. The summed E-state index contributed by atoms with van der Waals surface area (Å²) in [6.07, 6.45) is 0. The van der Waals surface area contributed by atoms with Gasteiger partial charge in [0.05, 0.1) is 11.4 Å². The number of halogens is 1. The van der Waals surface area contributed by atoms with E-state index in [9.17, 15) is 4.79 Å². The number of Topliss-reactive ketones (excluding diaryl/α,β-unsaturated/α-hetero) is 1. The predicted octanol–water partition coefficient (Wildman–Crippen LogP) is 6.74. The third-order valence-electron chi connectivity index (χ3n) is 4.02. The Hall–Kier alpha value is -1.62. The average Bonchev–Trinajstić information content (AvgIpc) is 3.08. The molecule has 2 aromatic carbocycles. The van der Waals surface area contributed by atoms with Crippen LogP contribution in [0.3, 0.4) is 0 Å². The van der Waals surface area contributed by atoms with Crippen LogP contribution in [0.1, 0.15) is 36.7 Å². The van der Waals surface area contributed by atoms with Crippen LogP contribution in [-0.2, 0) is 5.41 Å². The first-order chi connectivity index (χ1) is 12.3. The summed E-state index contributed by atoms with van der Waals surface area (Å²) in [5, 5.41) is 2.72. The third-order valence-corrected chi connectivity index (χ3v) is 6.30. The molecule has 0 fully saturated rings. The third kappa shape index (κ3) is 4.76. The molecule has 0 N–H and O–H groups in total. The number of benzene rings is 2. The van der Waals surface area contributed by atoms with Gasteiger partial charge in [-0.2, -0.15) is 0 Å². The smallest absolute Gasteiger partial charge is 0.173 e. The molecule has 1 aromatic heterocycles. The van der Waals surface area contributed by atoms with Crippen molar-refractivity contribution in [1.29, 1.82) is 0 Å². The quantitative estimate of drug-likeness (QED) is 0.350. The van der Waals surface area contributed by atoms with Crippen LogP contribution in [0, 0.1) is 0 Å². The van der Waals surface area contributed by atoms with Crippen LogP contribution in [0.5, 0.6) is 0 Å². The van der Waals surface area contributed by atoms with Crippen molar-refractivity contribution in [2.24, 2.45) is 0 Å². The summed E-state index contributed by atoms with van der Waals surface area (Å²) in [5.74, 6) is 0.515. The van der Waals surface area contributed by atoms with E-state index in [1.807, 2.05) is 53.9 Å². The van der Waals surface area contributed by atoms with Gasteiger partial charge in [0.1, 0.15) is 0 Å². The van der Waals surface area contributed by atoms with Gasteiger partial charge >= 0.3 is 0 Å². The van der Waals surface area contributed by atoms with Crippen molar-refractivity contribution < 1.29 is 4.79 Å². The molecule has 0 unspecified atom stereocenters. The van der Waals surface area contributed by atoms with Crippen LogP contribution in [-0.4, -0.2) is 16.5 Å². The summed E-state index contributed by atoms with van der Waals surface area (Å²) in [4.78, 5) is 17.0. The largest absolute Gasteiger partial charge is 0.293 e. The van der Waals surface area contributed by atoms with Crippen LogP contribution in [0.2, 0.25) is 5.02 Å². The van der Waals surface area contributed by atoms with Crippen LogP contribution in [0.25, 0.3) is 11.3 Å². The lowest BCUT2D eigenvalue weighted by atomic mass is 9.86. The van der Waals surface area contributed by atoms with Gasteiger partial charge in [0.2, 0.25) is 0 Å². The van der Waals surface area contributed by atoms with Crippen molar-refractivity contribution in [3.63, 3.8) is 0 Å². The summed E-state index contributed by atoms with van der Waals surface area (Å²) >= 11 is 8.96. The van der Waals surface area contributed by atoms with Gasteiger partial charge in [-0.25, -0.2) is 4.98 Å². The number of nitrogens with zero attached hydrogens (tertiary/aromatic N) is 1. The van der Waals surface area contributed by atoms with Gasteiger partial charge in [-0.15, -0.1) is 11.3 Å². The van der Waals surface area contributed by atoms with Crippen molar-refractivity contribution in [2.45, 2.75) is 30.5 Å². The average molecular weight is 402 g/mol. The van der Waals surface area contributed by atoms with Crippen molar-refractivity contribution >= 4 is 40.5 Å². The molecule has 0 amide bonds. The first-order valence-electron chi connectivity index (χ1n) is 8.31. The molecule has 3 rings (SSSR count). The van der Waals surface area contributed by atoms with E-state index in [0.29, 0.717) is 10.8 Å². The number of carbonyl (C=O) groups excluding carboxylic acids is 1. The summed E-state index contributed by atoms with van der Waals surface area (Å²) in [6, 6.07) is 15.5. The lowest BCUT2D eigenvalue weighted by Gasteiger charge is -2.18. The Morgan fingerprint density at radius 1 is 1.08 bits per heavy atom. The van der Waals surface area contributed by atoms with E-state index in [4.69, 9.17) is 11.6 Å². The van der Waals surface area contributed by atoms with Gasteiger partial charge in [-0.1, -0.05) is 80.5 Å². The van der Waals surface area contributed by atoms with E-state index in [1.165, 1.54) is 17.3 Å². The molecular weight excluding hydrogens is 382 g/mol. The fourth-order valence-corrected chi connectivity index (χ4v) is 4.30. The highest BCUT2D eigenvalue weighted by Crippen LogP contribution is 2.29. The first kappa shape index (κ1) is 19.2. The summed E-state index contributed by atoms with van der Waals surface area (Å²) in [6.45, 7) is 6.50. The maximum absolute atomic E-state index is 12.4. The number of thioether (sulfide) groups is 1. The number of rotatable bonds is 5. The van der Waals surface area contributed by atoms with Crippen molar-refractivity contribution in [1.82, 2.24) is 4.98 Å². The maximum atomic E-state index is 12.4. The molecule has 0 saturated heterocycles. The van der Waals surface area contributed by atoms with Crippen molar-refractivity contribution in [2.75, 3.05) is 5.75 Å². The Bertz CT molecular complexity index is 893. The molecule has 0 aliphatic heterocycles. The molecule has 0 spiro atoms. The number of thiazole rings is 1. The van der Waals surface area contributed by atoms with E-state index >= 15 is 0 Å². The molecule has 0 bridgehead atoms. The second-order valence-corrected chi connectivity index (χ2v) is 9.56. The highest BCUT2D eigenvalue weighted by atomic mass is 35.5. The number of carbonyl (C=O) groups is 1. The van der Waals surface area contributed by atoms with Crippen LogP contribution in [0.15, 0.2) is 58.3 Å². The lowest BCUT2D eigenvalue weighted by Crippen LogP contribution is -2.11. The van der Waals surface area contributed by atoms with E-state index in [-0.39, 0.29) is 11.2 Å². The molecule has 1 heterocycles. The highest BCUT2D eigenvalue weighted by Gasteiger charge is 2.15. The van der Waals surface area contributed by atoms with Gasteiger partial charge in [-0.05, 0) is 23.1 Å². The summed E-state index contributed by atoms with van der Waals surface area (Å²) in [5.41, 5.74) is 4.02. The van der Waals surface area contributed by atoms with Crippen LogP contribution in [0.4, 0.5) is 0 Å². The van der Waals surface area contributed by atoms with Gasteiger partial charge < -0.3 is 0 Å². The molecule has 0 radical (unpaired) electrons. The highest BCUT2D eigenvalue weighted by molar-refractivity contribution is 8.01. The topological polar surface area (TPSA) is 30.0 Å². The van der Waals surface area contributed by atoms with Gasteiger partial charge in [0.15, 0.2) is 10.1 Å². The minimum atomic E-state index is 0.0925. The van der Waals surface area contributed by atoms with Gasteiger partial charge in [0.25, 0.3) is 0 Å². The molecule has 3 aromatic rings. The zero-order valence-corrected chi connectivity index (χ0v) is 17.3. The standard InChI is InChI=1S/C21H20ClNOS2/c1-21(2,3)16-8-4-15(5-9-16)19(24)13-26-20-23-18(12-25-20)14-6-10-17(22)11-7-14/h4-12H,13H2,1-3H3. The summed E-state index contributed by atoms with van der Waals surface area (Å²) < 4.78 is 0.898. The van der Waals surface area contributed by atoms with E-state index in [0.717, 1.165) is 21.2 Å². The maximum Gasteiger partial charge on any atom is 0.173 e.